The third-order valence-electron chi connectivity index (χ3n) is 6.71. The number of carbonyl (C=O) groups is 2. The van der Waals surface area contributed by atoms with Gasteiger partial charge in [-0.1, -0.05) is 18.5 Å². The van der Waals surface area contributed by atoms with Gasteiger partial charge in [0.25, 0.3) is 5.91 Å². The summed E-state index contributed by atoms with van der Waals surface area (Å²) in [6.45, 7) is 2.24. The highest BCUT2D eigenvalue weighted by molar-refractivity contribution is 7.91. The molecule has 2 aliphatic rings. The van der Waals surface area contributed by atoms with E-state index in [1.807, 2.05) is 4.90 Å². The number of nitrogens with one attached hydrogen (secondary N) is 1. The predicted molar refractivity (Wildman–Crippen MR) is 142 cm³/mol. The summed E-state index contributed by atoms with van der Waals surface area (Å²) in [6.07, 6.45) is 0.559. The number of sulfone groups is 1. The van der Waals surface area contributed by atoms with Crippen LogP contribution in [0.2, 0.25) is 5.02 Å². The Hall–Kier alpha value is -3.99. The topological polar surface area (TPSA) is 157 Å². The number of aromatic nitrogens is 4. The van der Waals surface area contributed by atoms with Crippen molar-refractivity contribution in [3.63, 3.8) is 0 Å². The summed E-state index contributed by atoms with van der Waals surface area (Å²) in [5, 5.41) is 7.68. The zero-order valence-electron chi connectivity index (χ0n) is 21.4. The van der Waals surface area contributed by atoms with E-state index in [1.54, 1.807) is 23.6 Å². The second-order valence-electron chi connectivity index (χ2n) is 9.35. The minimum absolute atomic E-state index is 0.0546. The molecule has 1 unspecified atom stereocenters. The van der Waals surface area contributed by atoms with Crippen molar-refractivity contribution in [2.24, 2.45) is 0 Å². The van der Waals surface area contributed by atoms with E-state index in [0.29, 0.717) is 33.4 Å². The predicted octanol–water partition coefficient (Wildman–Crippen LogP) is 2.24. The molecule has 13 nitrogen and oxygen atoms in total. The molecule has 18 heteroatoms. The van der Waals surface area contributed by atoms with Crippen molar-refractivity contribution in [3.05, 3.63) is 47.0 Å². The number of hydrogen-bond donors (Lipinski definition) is 2. The first-order valence-corrected chi connectivity index (χ1v) is 14.5. The van der Waals surface area contributed by atoms with E-state index in [1.165, 1.54) is 12.4 Å². The van der Waals surface area contributed by atoms with E-state index < -0.39 is 33.9 Å². The second kappa shape index (κ2) is 10.4. The number of rotatable bonds is 6. The fourth-order valence-corrected chi connectivity index (χ4v) is 6.23. The highest BCUT2D eigenvalue weighted by atomic mass is 35.5. The summed E-state index contributed by atoms with van der Waals surface area (Å²) in [7, 11) is -3.20. The number of halogens is 4. The highest BCUT2D eigenvalue weighted by Crippen LogP contribution is 2.36. The number of hydroxylamine groups is 1. The number of pyridine rings is 1. The van der Waals surface area contributed by atoms with Gasteiger partial charge in [-0.3, -0.25) is 9.20 Å². The Bertz CT molecular complexity index is 1660. The quantitative estimate of drug-likeness (QED) is 0.421. The Morgan fingerprint density at radius 1 is 1.24 bits per heavy atom. The molecule has 0 aliphatic carbocycles. The molecule has 0 bridgehead atoms. The van der Waals surface area contributed by atoms with Gasteiger partial charge in [0.2, 0.25) is 0 Å². The van der Waals surface area contributed by atoms with Gasteiger partial charge in [0.1, 0.15) is 17.7 Å². The Morgan fingerprint density at radius 3 is 2.61 bits per heavy atom. The van der Waals surface area contributed by atoms with Crippen LogP contribution < -0.4 is 21.0 Å². The molecule has 0 radical (unpaired) electrons. The van der Waals surface area contributed by atoms with Crippen LogP contribution in [-0.4, -0.2) is 70.2 Å². The van der Waals surface area contributed by atoms with Gasteiger partial charge in [-0.25, -0.2) is 22.9 Å². The van der Waals surface area contributed by atoms with Gasteiger partial charge in [-0.05, 0) is 18.6 Å². The number of hydrogen-bond acceptors (Lipinski definition) is 10. The van der Waals surface area contributed by atoms with E-state index in [-0.39, 0.29) is 48.3 Å². The molecule has 0 saturated carbocycles. The van der Waals surface area contributed by atoms with Crippen LogP contribution in [0.3, 0.4) is 0 Å². The first-order chi connectivity index (χ1) is 19.3. The normalized spacial score (nSPS) is 17.4. The minimum atomic E-state index is -5.28. The van der Waals surface area contributed by atoms with Crippen molar-refractivity contribution in [1.29, 1.82) is 0 Å². The number of anilines is 3. The van der Waals surface area contributed by atoms with Gasteiger partial charge < -0.3 is 20.8 Å². The summed E-state index contributed by atoms with van der Waals surface area (Å²) in [5.74, 6) is -3.40. The molecule has 1 saturated heterocycles. The first-order valence-electron chi connectivity index (χ1n) is 12.3. The molecule has 1 amide bonds. The van der Waals surface area contributed by atoms with E-state index in [4.69, 9.17) is 17.3 Å². The van der Waals surface area contributed by atoms with E-state index >= 15 is 0 Å². The van der Waals surface area contributed by atoms with Crippen LogP contribution in [0.1, 0.15) is 35.3 Å². The van der Waals surface area contributed by atoms with Gasteiger partial charge in [-0.15, -0.1) is 0 Å². The van der Waals surface area contributed by atoms with Crippen LogP contribution in [0, 0.1) is 0 Å². The number of allylic oxidation sites excluding steroid dienone is 1. The van der Waals surface area contributed by atoms with Gasteiger partial charge in [0.15, 0.2) is 21.5 Å². The molecule has 220 valence electrons. The lowest BCUT2D eigenvalue weighted by molar-refractivity contribution is -0.200. The van der Waals surface area contributed by atoms with Gasteiger partial charge in [-0.2, -0.15) is 23.3 Å². The molecular weight excluding hydrogens is 593 g/mol. The number of fused-ring (bicyclic) bond motifs is 2. The van der Waals surface area contributed by atoms with Crippen molar-refractivity contribution in [2.45, 2.75) is 32.1 Å². The van der Waals surface area contributed by atoms with Crippen LogP contribution in [0.5, 0.6) is 0 Å². The maximum atomic E-state index is 13.6. The van der Waals surface area contributed by atoms with Crippen LogP contribution in [0.25, 0.3) is 5.52 Å². The fraction of sp³-hybridized carbons (Fsp3) is 0.391. The SMILES string of the molecule is CCC(NC(=O)c1c(N)nn2c1N(OC(=O)C(F)(F)F)C=CC2)c1cc(Cl)c2cncn2c1N1CCS(=O)(=O)CC1. The first kappa shape index (κ1) is 28.5. The average Bonchev–Trinajstić information content (AvgIpc) is 3.52. The lowest BCUT2D eigenvalue weighted by atomic mass is 10.0. The van der Waals surface area contributed by atoms with Crippen molar-refractivity contribution >= 4 is 56.3 Å². The largest absolute Gasteiger partial charge is 0.493 e. The maximum absolute atomic E-state index is 13.6. The van der Waals surface area contributed by atoms with Gasteiger partial charge >= 0.3 is 12.1 Å². The lowest BCUT2D eigenvalue weighted by Gasteiger charge is -2.33. The lowest BCUT2D eigenvalue weighted by Crippen LogP contribution is -2.42. The molecule has 2 aliphatic heterocycles. The van der Waals surface area contributed by atoms with E-state index in [0.717, 1.165) is 10.9 Å². The smallest absolute Gasteiger partial charge is 0.381 e. The van der Waals surface area contributed by atoms with Gasteiger partial charge in [0, 0.05) is 24.9 Å². The molecule has 41 heavy (non-hydrogen) atoms. The third-order valence-corrected chi connectivity index (χ3v) is 8.62. The number of nitrogen functional groups attached to an aromatic ring is 1. The van der Waals surface area contributed by atoms with Crippen LogP contribution >= 0.6 is 11.6 Å². The summed E-state index contributed by atoms with van der Waals surface area (Å²) in [5.41, 5.74) is 6.83. The van der Waals surface area contributed by atoms with E-state index in [9.17, 15) is 31.2 Å². The number of nitrogens with two attached hydrogens (primary N) is 1. The molecule has 5 heterocycles. The summed E-state index contributed by atoms with van der Waals surface area (Å²) in [6, 6.07) is 0.934. The summed E-state index contributed by atoms with van der Waals surface area (Å²) < 4.78 is 65.7. The van der Waals surface area contributed by atoms with Gasteiger partial charge in [0.05, 0.1) is 40.8 Å². The van der Waals surface area contributed by atoms with Crippen molar-refractivity contribution < 1.29 is 36.0 Å². The number of alkyl halides is 3. The van der Waals surface area contributed by atoms with Crippen LogP contribution in [0.15, 0.2) is 30.9 Å². The summed E-state index contributed by atoms with van der Waals surface area (Å²) >= 11 is 6.55. The number of imidazole rings is 1. The molecule has 1 fully saturated rings. The molecular formula is C23H24ClF3N8O5S. The maximum Gasteiger partial charge on any atom is 0.493 e. The fourth-order valence-electron chi connectivity index (χ4n) is 4.77. The standard InChI is InChI=1S/C23H24ClF3N8O5S/c1-2-15(13-10-14(24)16-11-29-12-33(16)20(13)32-6-8-41(38,39)9-7-32)30-19(36)17-18(28)31-34-4-3-5-35(21(17)34)40-22(37)23(25,26)27/h3,5,10-12,15H,2,4,6-9H2,1H3,(H2,28,31)(H,30,36). The Morgan fingerprint density at radius 2 is 1.95 bits per heavy atom. The van der Waals surface area contributed by atoms with Crippen LogP contribution in [0.4, 0.5) is 30.6 Å². The number of amides is 1. The van der Waals surface area contributed by atoms with Crippen LogP contribution in [-0.2, 0) is 26.0 Å². The zero-order valence-corrected chi connectivity index (χ0v) is 23.0. The summed E-state index contributed by atoms with van der Waals surface area (Å²) in [4.78, 5) is 35.7. The second-order valence-corrected chi connectivity index (χ2v) is 12.1. The molecule has 3 N–H and O–H groups in total. The average molecular weight is 617 g/mol. The number of carbonyl (C=O) groups excluding carboxylic acids is 2. The minimum Gasteiger partial charge on any atom is -0.381 e. The molecule has 1 atom stereocenters. The van der Waals surface area contributed by atoms with Crippen molar-refractivity contribution in [2.75, 3.05) is 40.3 Å². The number of nitrogens with zero attached hydrogens (tertiary/aromatic N) is 6. The third kappa shape index (κ3) is 5.38. The molecule has 5 rings (SSSR count). The Labute approximate surface area is 236 Å². The molecule has 0 spiro atoms. The van der Waals surface area contributed by atoms with E-state index in [2.05, 4.69) is 20.2 Å². The zero-order chi connectivity index (χ0) is 29.7. The molecule has 3 aromatic rings. The Kier molecular flexibility index (Phi) is 7.27. The monoisotopic (exact) mass is 616 g/mol. The molecule has 0 aromatic carbocycles. The van der Waals surface area contributed by atoms with Crippen molar-refractivity contribution in [3.8, 4) is 0 Å². The highest BCUT2D eigenvalue weighted by Gasteiger charge is 2.44. The Balaban J connectivity index is 1.51. The van der Waals surface area contributed by atoms with Crippen molar-refractivity contribution in [1.82, 2.24) is 24.5 Å². The molecule has 3 aromatic heterocycles.